The lowest BCUT2D eigenvalue weighted by atomic mass is 9.71. The van der Waals surface area contributed by atoms with Gasteiger partial charge in [0.25, 0.3) is 11.5 Å². The van der Waals surface area contributed by atoms with Gasteiger partial charge in [0, 0.05) is 92.9 Å². The molecule has 2 aromatic carbocycles. The lowest BCUT2D eigenvalue weighted by molar-refractivity contribution is 0.0566. The summed E-state index contributed by atoms with van der Waals surface area (Å²) in [4.78, 5) is 39.9. The monoisotopic (exact) mass is 717 g/mol. The number of nitrogens with zero attached hydrogens (tertiary/aromatic N) is 6. The molecule has 4 saturated heterocycles. The Bertz CT molecular complexity index is 2080. The number of likely N-dealkylation sites (tertiary alicyclic amines) is 2. The van der Waals surface area contributed by atoms with Crippen molar-refractivity contribution in [3.63, 3.8) is 0 Å². The molecule has 5 aliphatic rings. The Morgan fingerprint density at radius 3 is 2.26 bits per heavy atom. The molecule has 0 saturated carbocycles. The van der Waals surface area contributed by atoms with Crippen molar-refractivity contribution >= 4 is 28.2 Å². The lowest BCUT2D eigenvalue weighted by Crippen LogP contribution is -2.60. The maximum Gasteiger partial charge on any atom is 0.259 e. The quantitative estimate of drug-likeness (QED) is 0.260. The van der Waals surface area contributed by atoms with E-state index in [1.165, 1.54) is 51.0 Å². The average Bonchev–Trinajstić information content (AvgIpc) is 3.52. The molecular formula is C42H51N7O4. The van der Waals surface area contributed by atoms with Crippen LogP contribution in [0.4, 0.5) is 11.5 Å². The summed E-state index contributed by atoms with van der Waals surface area (Å²) < 4.78 is 13.7. The molecule has 0 atom stereocenters. The predicted octanol–water partition coefficient (Wildman–Crippen LogP) is 4.89. The van der Waals surface area contributed by atoms with Crippen LogP contribution >= 0.6 is 0 Å². The normalized spacial score (nSPS) is 20.3. The van der Waals surface area contributed by atoms with Crippen molar-refractivity contribution < 1.29 is 14.3 Å². The van der Waals surface area contributed by atoms with E-state index < -0.39 is 0 Å². The zero-order valence-electron chi connectivity index (χ0n) is 31.3. The highest BCUT2D eigenvalue weighted by atomic mass is 16.5. The van der Waals surface area contributed by atoms with Crippen LogP contribution in [0, 0.1) is 11.3 Å². The predicted molar refractivity (Wildman–Crippen MR) is 208 cm³/mol. The molecule has 0 radical (unpaired) electrons. The first-order valence-electron chi connectivity index (χ1n) is 19.4. The number of methoxy groups -OCH3 is 2. The zero-order valence-corrected chi connectivity index (χ0v) is 31.3. The molecule has 5 aliphatic heterocycles. The molecule has 11 nitrogen and oxygen atoms in total. The third-order valence-corrected chi connectivity index (χ3v) is 12.9. The van der Waals surface area contributed by atoms with Crippen molar-refractivity contribution in [1.82, 2.24) is 24.7 Å². The van der Waals surface area contributed by atoms with Crippen molar-refractivity contribution in [3.8, 4) is 22.6 Å². The second-order valence-corrected chi connectivity index (χ2v) is 16.1. The number of aromatic nitrogens is 2. The highest BCUT2D eigenvalue weighted by Gasteiger charge is 2.45. The largest absolute Gasteiger partial charge is 0.496 e. The van der Waals surface area contributed by atoms with Crippen LogP contribution in [0.25, 0.3) is 21.9 Å². The van der Waals surface area contributed by atoms with Crippen LogP contribution in [0.3, 0.4) is 0 Å². The van der Waals surface area contributed by atoms with E-state index in [2.05, 4.69) is 66.3 Å². The summed E-state index contributed by atoms with van der Waals surface area (Å²) in [5.74, 6) is 3.30. The number of piperidine rings is 2. The summed E-state index contributed by atoms with van der Waals surface area (Å²) in [6.45, 7) is 11.3. The molecule has 0 unspecified atom stereocenters. The molecule has 1 amide bonds. The molecule has 278 valence electrons. The van der Waals surface area contributed by atoms with Crippen LogP contribution in [-0.2, 0) is 20.1 Å². The minimum atomic E-state index is -0.0518. The molecule has 9 rings (SSSR count). The number of benzene rings is 2. The van der Waals surface area contributed by atoms with Gasteiger partial charge in [-0.1, -0.05) is 6.07 Å². The Morgan fingerprint density at radius 2 is 1.58 bits per heavy atom. The lowest BCUT2D eigenvalue weighted by Gasteiger charge is -2.55. The van der Waals surface area contributed by atoms with Crippen LogP contribution < -0.4 is 30.1 Å². The fraction of sp³-hybridized carbons (Fsp3) is 0.500. The number of pyridine rings is 2. The minimum absolute atomic E-state index is 0.0518. The topological polar surface area (TPSA) is 95.4 Å². The summed E-state index contributed by atoms with van der Waals surface area (Å²) in [5.41, 5.74) is 6.51. The Kier molecular flexibility index (Phi) is 8.81. The average molecular weight is 718 g/mol. The highest BCUT2D eigenvalue weighted by Crippen LogP contribution is 2.44. The van der Waals surface area contributed by atoms with Gasteiger partial charge in [0.2, 0.25) is 0 Å². The number of rotatable bonds is 9. The first-order chi connectivity index (χ1) is 25.8. The second-order valence-electron chi connectivity index (χ2n) is 16.1. The van der Waals surface area contributed by atoms with Gasteiger partial charge in [-0.2, -0.15) is 0 Å². The number of anilines is 2. The number of hydrogen-bond acceptors (Lipinski definition) is 9. The molecule has 4 fully saturated rings. The van der Waals surface area contributed by atoms with Gasteiger partial charge in [0.1, 0.15) is 17.3 Å². The number of hydrogen-bond donors (Lipinski definition) is 1. The summed E-state index contributed by atoms with van der Waals surface area (Å²) >= 11 is 0. The Labute approximate surface area is 311 Å². The number of aryl methyl sites for hydroxylation is 1. The first-order valence-corrected chi connectivity index (χ1v) is 19.4. The maximum atomic E-state index is 13.1. The fourth-order valence-electron chi connectivity index (χ4n) is 9.38. The van der Waals surface area contributed by atoms with Crippen molar-refractivity contribution in [3.05, 3.63) is 75.8 Å². The zero-order chi connectivity index (χ0) is 36.3. The SMILES string of the molecule is COc1cc(-c2cn(C)c(=O)c3cnc(N4CCC4)cc23)cc(OC)c1CN1CCC(CN2CCC3(CC2)CN(c2ccc4c(c2)C(=O)NC4)C3)CC1. The van der Waals surface area contributed by atoms with Gasteiger partial charge < -0.3 is 34.1 Å². The van der Waals surface area contributed by atoms with Crippen molar-refractivity contribution in [1.29, 1.82) is 0 Å². The molecule has 2 aromatic heterocycles. The molecule has 1 spiro atoms. The van der Waals surface area contributed by atoms with E-state index in [0.717, 1.165) is 109 Å². The van der Waals surface area contributed by atoms with Gasteiger partial charge in [-0.05, 0) is 106 Å². The summed E-state index contributed by atoms with van der Waals surface area (Å²) in [7, 11) is 5.26. The smallest absolute Gasteiger partial charge is 0.259 e. The summed E-state index contributed by atoms with van der Waals surface area (Å²) in [6.07, 6.45) is 9.72. The molecular weight excluding hydrogens is 667 g/mol. The van der Waals surface area contributed by atoms with Gasteiger partial charge in [-0.3, -0.25) is 14.5 Å². The molecule has 7 heterocycles. The van der Waals surface area contributed by atoms with Crippen molar-refractivity contribution in [2.75, 3.05) is 82.9 Å². The van der Waals surface area contributed by atoms with Gasteiger partial charge in [-0.25, -0.2) is 4.98 Å². The standard InChI is InChI=1S/C42H51N7O4/c1-45-24-35(33-20-39(48-11-4-12-48)43-22-34(33)41(45)51)30-17-37(52-2)36(38(18-30)53-3)25-46-13-7-28(8-14-46)23-47-15-9-42(10-16-47)26-49(27-42)31-6-5-29-21-44-40(50)32(29)19-31/h5-6,17-20,22,24,28H,4,7-16,21,23,25-27H2,1-3H3,(H,44,50). The molecule has 0 bridgehead atoms. The molecule has 0 aliphatic carbocycles. The number of carbonyl (C=O) groups excluding carboxylic acids is 1. The van der Waals surface area contributed by atoms with E-state index >= 15 is 0 Å². The van der Waals surface area contributed by atoms with E-state index in [4.69, 9.17) is 9.47 Å². The molecule has 11 heteroatoms. The van der Waals surface area contributed by atoms with Crippen LogP contribution in [0.15, 0.2) is 53.6 Å². The minimum Gasteiger partial charge on any atom is -0.496 e. The first kappa shape index (κ1) is 34.2. The van der Waals surface area contributed by atoms with E-state index in [9.17, 15) is 9.59 Å². The third-order valence-electron chi connectivity index (χ3n) is 12.9. The van der Waals surface area contributed by atoms with Gasteiger partial charge in [-0.15, -0.1) is 0 Å². The van der Waals surface area contributed by atoms with Crippen LogP contribution in [-0.4, -0.2) is 98.4 Å². The fourth-order valence-corrected chi connectivity index (χ4v) is 9.38. The van der Waals surface area contributed by atoms with E-state index in [1.54, 1.807) is 32.0 Å². The molecule has 1 N–H and O–H groups in total. The number of nitrogens with one attached hydrogen (secondary N) is 1. The number of fused-ring (bicyclic) bond motifs is 2. The Balaban J connectivity index is 0.817. The number of ether oxygens (including phenoxy) is 2. The maximum absolute atomic E-state index is 13.1. The van der Waals surface area contributed by atoms with E-state index in [-0.39, 0.29) is 11.5 Å². The highest BCUT2D eigenvalue weighted by molar-refractivity contribution is 5.99. The van der Waals surface area contributed by atoms with Gasteiger partial charge >= 0.3 is 0 Å². The third kappa shape index (κ3) is 6.31. The van der Waals surface area contributed by atoms with Gasteiger partial charge in [0.05, 0.1) is 25.2 Å². The Morgan fingerprint density at radius 1 is 0.849 bits per heavy atom. The molecule has 4 aromatic rings. The molecule has 53 heavy (non-hydrogen) atoms. The summed E-state index contributed by atoms with van der Waals surface area (Å²) in [6, 6.07) is 12.7. The van der Waals surface area contributed by atoms with Crippen molar-refractivity contribution in [2.24, 2.45) is 18.4 Å². The van der Waals surface area contributed by atoms with Crippen molar-refractivity contribution in [2.45, 2.75) is 45.2 Å². The van der Waals surface area contributed by atoms with Crippen LogP contribution in [0.5, 0.6) is 11.5 Å². The summed E-state index contributed by atoms with van der Waals surface area (Å²) in [5, 5.41) is 4.45. The van der Waals surface area contributed by atoms with E-state index in [0.29, 0.717) is 17.3 Å². The van der Waals surface area contributed by atoms with E-state index in [1.807, 2.05) is 6.20 Å². The van der Waals surface area contributed by atoms with Crippen LogP contribution in [0.1, 0.15) is 53.6 Å². The number of amides is 1. The van der Waals surface area contributed by atoms with Gasteiger partial charge in [0.15, 0.2) is 0 Å². The number of carbonyl (C=O) groups is 1. The Hall–Kier alpha value is -4.61. The van der Waals surface area contributed by atoms with Crippen LogP contribution in [0.2, 0.25) is 0 Å². The second kappa shape index (κ2) is 13.7.